The quantitative estimate of drug-likeness (QED) is 0.123. The number of benzene rings is 3. The molecular weight excluding hydrogens is 577 g/mol. The lowest BCUT2D eigenvalue weighted by molar-refractivity contribution is 0.0553. The molecule has 0 saturated carbocycles. The van der Waals surface area contributed by atoms with E-state index in [4.69, 9.17) is 9.47 Å². The predicted molar refractivity (Wildman–Crippen MR) is 183 cm³/mol. The van der Waals surface area contributed by atoms with Gasteiger partial charge in [-0.1, -0.05) is 75.7 Å². The summed E-state index contributed by atoms with van der Waals surface area (Å²) in [7, 11) is -0.618. The van der Waals surface area contributed by atoms with Crippen molar-refractivity contribution in [3.05, 3.63) is 103 Å². The lowest BCUT2D eigenvalue weighted by Crippen LogP contribution is -2.24. The molecule has 226 valence electrons. The van der Waals surface area contributed by atoms with Crippen LogP contribution in [0, 0.1) is 22.9 Å². The molecule has 5 rings (SSSR count). The number of carbonyl (C=O) groups is 2. The van der Waals surface area contributed by atoms with Crippen LogP contribution in [0.1, 0.15) is 76.4 Å². The fourth-order valence-electron chi connectivity index (χ4n) is 6.38. The standard InChI is InChI=1S/C38H42O4Si2/c1-41-37(39)35-31(15-11-17-43(3,4)5)33-23-29-21-27-19-25-13-9-10-14-26(25)20-28(27)22-30(29)24-34(33)32(36(35)38(40)42-2)16-12-18-44(6,7)8/h9-10,13-14,21-22H,15-16,19-20,23-24H2,1-8H3. The Labute approximate surface area is 264 Å². The van der Waals surface area contributed by atoms with E-state index < -0.39 is 28.1 Å². The molecule has 2 aliphatic rings. The van der Waals surface area contributed by atoms with Crippen molar-refractivity contribution >= 4 is 28.1 Å². The van der Waals surface area contributed by atoms with Crippen molar-refractivity contribution < 1.29 is 19.1 Å². The molecule has 0 N–H and O–H groups in total. The Kier molecular flexibility index (Phi) is 8.81. The second kappa shape index (κ2) is 12.3. The third kappa shape index (κ3) is 6.63. The van der Waals surface area contributed by atoms with Gasteiger partial charge in [-0.25, -0.2) is 9.59 Å². The Morgan fingerprint density at radius 1 is 0.614 bits per heavy atom. The van der Waals surface area contributed by atoms with Crippen LogP contribution in [0.4, 0.5) is 0 Å². The molecule has 2 aliphatic carbocycles. The third-order valence-electron chi connectivity index (χ3n) is 8.32. The summed E-state index contributed by atoms with van der Waals surface area (Å²) in [6, 6.07) is 13.4. The molecule has 44 heavy (non-hydrogen) atoms. The molecule has 0 spiro atoms. The zero-order valence-corrected chi connectivity index (χ0v) is 29.3. The van der Waals surface area contributed by atoms with Crippen LogP contribution in [0.25, 0.3) is 0 Å². The number of esters is 2. The lowest BCUT2D eigenvalue weighted by atomic mass is 9.74. The summed E-state index contributed by atoms with van der Waals surface area (Å²) in [6.45, 7) is 13.2. The number of hydrogen-bond acceptors (Lipinski definition) is 4. The highest BCUT2D eigenvalue weighted by atomic mass is 28.3. The molecule has 6 heteroatoms. The minimum Gasteiger partial charge on any atom is -0.465 e. The first-order chi connectivity index (χ1) is 20.8. The van der Waals surface area contributed by atoms with Crippen molar-refractivity contribution in [2.75, 3.05) is 14.2 Å². The monoisotopic (exact) mass is 618 g/mol. The van der Waals surface area contributed by atoms with E-state index in [2.05, 4.69) is 98.6 Å². The predicted octanol–water partition coefficient (Wildman–Crippen LogP) is 7.10. The van der Waals surface area contributed by atoms with Gasteiger partial charge in [-0.15, -0.1) is 22.9 Å². The maximum atomic E-state index is 13.6. The van der Waals surface area contributed by atoms with Crippen molar-refractivity contribution in [1.29, 1.82) is 0 Å². The van der Waals surface area contributed by atoms with Crippen LogP contribution in [-0.4, -0.2) is 42.3 Å². The van der Waals surface area contributed by atoms with E-state index >= 15 is 0 Å². The molecule has 0 heterocycles. The van der Waals surface area contributed by atoms with Crippen molar-refractivity contribution in [2.24, 2.45) is 0 Å². The lowest BCUT2D eigenvalue weighted by Gasteiger charge is -2.30. The molecule has 0 saturated heterocycles. The molecule has 0 amide bonds. The number of methoxy groups -OCH3 is 2. The van der Waals surface area contributed by atoms with Crippen LogP contribution in [0.3, 0.4) is 0 Å². The van der Waals surface area contributed by atoms with E-state index in [1.807, 2.05) is 0 Å². The summed E-state index contributed by atoms with van der Waals surface area (Å²) in [5.74, 6) is 5.71. The number of ether oxygens (including phenoxy) is 2. The summed E-state index contributed by atoms with van der Waals surface area (Å²) < 4.78 is 10.7. The maximum Gasteiger partial charge on any atom is 0.339 e. The van der Waals surface area contributed by atoms with Crippen molar-refractivity contribution in [2.45, 2.75) is 77.8 Å². The zero-order valence-electron chi connectivity index (χ0n) is 27.3. The van der Waals surface area contributed by atoms with E-state index in [1.165, 1.54) is 47.6 Å². The van der Waals surface area contributed by atoms with E-state index in [-0.39, 0.29) is 11.1 Å². The van der Waals surface area contributed by atoms with Gasteiger partial charge in [0.15, 0.2) is 0 Å². The topological polar surface area (TPSA) is 52.6 Å². The largest absolute Gasteiger partial charge is 0.465 e. The van der Waals surface area contributed by atoms with Crippen LogP contribution >= 0.6 is 0 Å². The minimum absolute atomic E-state index is 0.281. The molecule has 4 nitrogen and oxygen atoms in total. The summed E-state index contributed by atoms with van der Waals surface area (Å²) in [5.41, 5.74) is 19.3. The highest BCUT2D eigenvalue weighted by Crippen LogP contribution is 2.40. The first-order valence-corrected chi connectivity index (χ1v) is 22.4. The molecule has 3 aromatic rings. The fourth-order valence-corrected chi connectivity index (χ4v) is 7.62. The highest BCUT2D eigenvalue weighted by molar-refractivity contribution is 6.84. The van der Waals surface area contributed by atoms with E-state index in [0.29, 0.717) is 25.7 Å². The molecule has 0 radical (unpaired) electrons. The fraction of sp³-hybridized carbons (Fsp3) is 0.368. The van der Waals surface area contributed by atoms with Gasteiger partial charge in [0.25, 0.3) is 0 Å². The second-order valence-electron chi connectivity index (χ2n) is 14.0. The van der Waals surface area contributed by atoms with Crippen LogP contribution in [-0.2, 0) is 48.0 Å². The number of fused-ring (bicyclic) bond motifs is 4. The summed E-state index contributed by atoms with van der Waals surface area (Å²) >= 11 is 0. The molecule has 0 aliphatic heterocycles. The van der Waals surface area contributed by atoms with E-state index in [9.17, 15) is 9.59 Å². The normalized spacial score (nSPS) is 13.1. The van der Waals surface area contributed by atoms with E-state index in [0.717, 1.165) is 35.1 Å². The van der Waals surface area contributed by atoms with Gasteiger partial charge >= 0.3 is 11.9 Å². The van der Waals surface area contributed by atoms with Gasteiger partial charge < -0.3 is 9.47 Å². The summed E-state index contributed by atoms with van der Waals surface area (Å²) in [4.78, 5) is 27.1. The van der Waals surface area contributed by atoms with Crippen LogP contribution in [0.2, 0.25) is 39.3 Å². The van der Waals surface area contributed by atoms with Gasteiger partial charge in [-0.2, -0.15) is 0 Å². The summed E-state index contributed by atoms with van der Waals surface area (Å²) in [5, 5.41) is 0. The molecular formula is C38H42O4Si2. The average molecular weight is 619 g/mol. The molecule has 0 bridgehead atoms. The zero-order chi connectivity index (χ0) is 31.8. The van der Waals surface area contributed by atoms with Crippen LogP contribution in [0.15, 0.2) is 36.4 Å². The summed E-state index contributed by atoms with van der Waals surface area (Å²) in [6.07, 6.45) is 3.93. The van der Waals surface area contributed by atoms with Crippen LogP contribution < -0.4 is 0 Å². The molecule has 0 fully saturated rings. The Morgan fingerprint density at radius 3 is 1.32 bits per heavy atom. The second-order valence-corrected chi connectivity index (χ2v) is 23.5. The van der Waals surface area contributed by atoms with Gasteiger partial charge in [0, 0.05) is 12.8 Å². The number of hydrogen-bond donors (Lipinski definition) is 0. The number of carbonyl (C=O) groups excluding carboxylic acids is 2. The number of rotatable bonds is 4. The average Bonchev–Trinajstić information content (AvgIpc) is 2.96. The third-order valence-corrected chi connectivity index (χ3v) is 10.2. The molecule has 0 unspecified atom stereocenters. The molecule has 0 aromatic heterocycles. The minimum atomic E-state index is -1.67. The SMILES string of the molecule is COC(=O)c1c(CC#C[Si](C)(C)C)c2c(c(CC#C[Si](C)(C)C)c1C(=O)OC)Cc1cc3c(cc1C2)Cc1ccccc1C3. The Balaban J connectivity index is 1.75. The van der Waals surface area contributed by atoms with Crippen molar-refractivity contribution in [3.63, 3.8) is 0 Å². The van der Waals surface area contributed by atoms with Gasteiger partial charge in [-0.05, 0) is 81.3 Å². The van der Waals surface area contributed by atoms with Crippen molar-refractivity contribution in [3.8, 4) is 22.9 Å². The van der Waals surface area contributed by atoms with Gasteiger partial charge in [0.05, 0.1) is 25.3 Å². The van der Waals surface area contributed by atoms with Crippen LogP contribution in [0.5, 0.6) is 0 Å². The highest BCUT2D eigenvalue weighted by Gasteiger charge is 2.34. The van der Waals surface area contributed by atoms with E-state index in [1.54, 1.807) is 0 Å². The van der Waals surface area contributed by atoms with Gasteiger partial charge in [0.2, 0.25) is 0 Å². The maximum absolute atomic E-state index is 13.6. The van der Waals surface area contributed by atoms with Crippen molar-refractivity contribution in [1.82, 2.24) is 0 Å². The first-order valence-electron chi connectivity index (χ1n) is 15.4. The Hall–Kier alpha value is -3.85. The van der Waals surface area contributed by atoms with Gasteiger partial charge in [-0.3, -0.25) is 0 Å². The smallest absolute Gasteiger partial charge is 0.339 e. The molecule has 3 aromatic carbocycles. The first kappa shape index (κ1) is 31.6. The Morgan fingerprint density at radius 2 is 0.977 bits per heavy atom. The van der Waals surface area contributed by atoms with Gasteiger partial charge in [0.1, 0.15) is 16.1 Å². The molecule has 0 atom stereocenters. The Bertz CT molecular complexity index is 1670.